The molecule has 0 saturated carbocycles. The van der Waals surface area contributed by atoms with E-state index in [1.807, 2.05) is 6.92 Å². The molecule has 5 nitrogen and oxygen atoms in total. The normalized spacial score (nSPS) is 23.8. The molecule has 1 aromatic carbocycles. The summed E-state index contributed by atoms with van der Waals surface area (Å²) in [5.41, 5.74) is 0.445. The summed E-state index contributed by atoms with van der Waals surface area (Å²) in [6.45, 7) is 5.12. The minimum Gasteiger partial charge on any atom is -0.376 e. The van der Waals surface area contributed by atoms with Gasteiger partial charge in [-0.25, -0.2) is 4.39 Å². The Labute approximate surface area is 183 Å². The smallest absolute Gasteiger partial charge is 0.237 e. The first kappa shape index (κ1) is 25.4. The van der Waals surface area contributed by atoms with Crippen molar-refractivity contribution in [2.75, 3.05) is 32.8 Å². The van der Waals surface area contributed by atoms with Crippen LogP contribution in [0.3, 0.4) is 0 Å². The summed E-state index contributed by atoms with van der Waals surface area (Å²) in [7, 11) is 0. The Kier molecular flexibility index (Phi) is 11.0. The Bertz CT molecular complexity index is 612. The van der Waals surface area contributed by atoms with Crippen LogP contribution in [0.1, 0.15) is 37.8 Å². The van der Waals surface area contributed by atoms with Crippen molar-refractivity contribution >= 4 is 42.3 Å². The molecule has 0 aliphatic carbocycles. The zero-order chi connectivity index (χ0) is 18.5. The molecule has 0 radical (unpaired) electrons. The van der Waals surface area contributed by atoms with Crippen LogP contribution in [0.5, 0.6) is 0 Å². The van der Waals surface area contributed by atoms with Crippen molar-refractivity contribution in [1.29, 1.82) is 0 Å². The second kappa shape index (κ2) is 12.2. The van der Waals surface area contributed by atoms with Gasteiger partial charge in [-0.2, -0.15) is 0 Å². The van der Waals surface area contributed by atoms with Gasteiger partial charge in [0, 0.05) is 30.2 Å². The van der Waals surface area contributed by atoms with Gasteiger partial charge in [-0.3, -0.25) is 9.69 Å². The van der Waals surface area contributed by atoms with E-state index in [2.05, 4.69) is 15.5 Å². The number of hydrogen-bond donors (Lipinski definition) is 2. The molecule has 1 aromatic rings. The Morgan fingerprint density at radius 3 is 2.86 bits per heavy atom. The summed E-state index contributed by atoms with van der Waals surface area (Å²) in [6.07, 6.45) is 3.05. The summed E-state index contributed by atoms with van der Waals surface area (Å²) in [5.74, 6) is -0.366. The number of benzene rings is 1. The molecule has 9 heteroatoms. The van der Waals surface area contributed by atoms with Crippen LogP contribution in [0.4, 0.5) is 4.39 Å². The third kappa shape index (κ3) is 6.44. The summed E-state index contributed by atoms with van der Waals surface area (Å²) in [6, 6.07) is 4.24. The fourth-order valence-electron chi connectivity index (χ4n) is 3.77. The van der Waals surface area contributed by atoms with Crippen LogP contribution >= 0.6 is 36.4 Å². The molecule has 160 valence electrons. The molecule has 28 heavy (non-hydrogen) atoms. The standard InChI is InChI=1S/C19H27ClFN3O2.2ClH/c1-13-12-24(9-10-26-13)17(18-14(20)5-4-6-15(18)21)11-23-19(25)16-7-2-3-8-22-16;;/h4-6,13,16-17,22H,2-3,7-12H2,1H3,(H,23,25);2*1H. The third-order valence-electron chi connectivity index (χ3n) is 5.14. The number of rotatable bonds is 5. The van der Waals surface area contributed by atoms with Crippen LogP contribution in [-0.4, -0.2) is 55.7 Å². The fraction of sp³-hybridized carbons (Fsp3) is 0.632. The molecule has 3 rings (SSSR count). The van der Waals surface area contributed by atoms with Crippen LogP contribution in [-0.2, 0) is 9.53 Å². The molecular weight excluding hydrogens is 428 g/mol. The lowest BCUT2D eigenvalue weighted by atomic mass is 10.0. The number of halogens is 4. The molecule has 0 spiro atoms. The van der Waals surface area contributed by atoms with Gasteiger partial charge in [-0.05, 0) is 38.4 Å². The van der Waals surface area contributed by atoms with E-state index in [9.17, 15) is 9.18 Å². The van der Waals surface area contributed by atoms with Crippen molar-refractivity contribution in [2.24, 2.45) is 0 Å². The van der Waals surface area contributed by atoms with Gasteiger partial charge in [0.05, 0.1) is 24.8 Å². The lowest BCUT2D eigenvalue weighted by molar-refractivity contribution is -0.124. The quantitative estimate of drug-likeness (QED) is 0.713. The largest absolute Gasteiger partial charge is 0.376 e. The molecule has 2 saturated heterocycles. The monoisotopic (exact) mass is 455 g/mol. The Hall–Kier alpha value is -0.630. The molecular formula is C19H29Cl3FN3O2. The van der Waals surface area contributed by atoms with Gasteiger partial charge < -0.3 is 15.4 Å². The van der Waals surface area contributed by atoms with Crippen molar-refractivity contribution in [3.8, 4) is 0 Å². The van der Waals surface area contributed by atoms with Gasteiger partial charge >= 0.3 is 0 Å². The van der Waals surface area contributed by atoms with E-state index < -0.39 is 0 Å². The molecule has 2 aliphatic rings. The number of carbonyl (C=O) groups is 1. The van der Waals surface area contributed by atoms with Crippen molar-refractivity contribution < 1.29 is 13.9 Å². The average Bonchev–Trinajstić information content (AvgIpc) is 2.64. The van der Waals surface area contributed by atoms with Gasteiger partial charge in [-0.15, -0.1) is 24.8 Å². The number of nitrogens with zero attached hydrogens (tertiary/aromatic N) is 1. The topological polar surface area (TPSA) is 53.6 Å². The number of ether oxygens (including phenoxy) is 1. The van der Waals surface area contributed by atoms with Crippen molar-refractivity contribution in [1.82, 2.24) is 15.5 Å². The number of carbonyl (C=O) groups excluding carboxylic acids is 1. The molecule has 2 fully saturated rings. The molecule has 2 heterocycles. The second-order valence-corrected chi connectivity index (χ2v) is 7.48. The highest BCUT2D eigenvalue weighted by Crippen LogP contribution is 2.31. The molecule has 0 aromatic heterocycles. The van der Waals surface area contributed by atoms with Crippen LogP contribution < -0.4 is 10.6 Å². The maximum atomic E-state index is 14.6. The average molecular weight is 457 g/mol. The predicted octanol–water partition coefficient (Wildman–Crippen LogP) is 3.34. The summed E-state index contributed by atoms with van der Waals surface area (Å²) < 4.78 is 20.2. The highest BCUT2D eigenvalue weighted by atomic mass is 35.5. The second-order valence-electron chi connectivity index (χ2n) is 7.08. The third-order valence-corrected chi connectivity index (χ3v) is 5.47. The SMILES string of the molecule is CC1CN(C(CNC(=O)C2CCCCN2)c2c(F)cccc2Cl)CCO1.Cl.Cl. The van der Waals surface area contributed by atoms with E-state index in [1.165, 1.54) is 6.07 Å². The molecule has 0 bridgehead atoms. The molecule has 2 N–H and O–H groups in total. The number of hydrogen-bond acceptors (Lipinski definition) is 4. The first-order valence-electron chi connectivity index (χ1n) is 9.37. The van der Waals surface area contributed by atoms with E-state index in [0.29, 0.717) is 36.8 Å². The molecule has 3 atom stereocenters. The summed E-state index contributed by atoms with van der Waals surface area (Å²) >= 11 is 6.32. The van der Waals surface area contributed by atoms with Crippen LogP contribution in [0.2, 0.25) is 5.02 Å². The van der Waals surface area contributed by atoms with E-state index in [0.717, 1.165) is 25.8 Å². The highest BCUT2D eigenvalue weighted by molar-refractivity contribution is 6.31. The number of morpholine rings is 1. The van der Waals surface area contributed by atoms with Gasteiger partial charge in [0.2, 0.25) is 5.91 Å². The number of amides is 1. The molecule has 1 amide bonds. The zero-order valence-electron chi connectivity index (χ0n) is 16.0. The maximum absolute atomic E-state index is 14.6. The zero-order valence-corrected chi connectivity index (χ0v) is 18.3. The Morgan fingerprint density at radius 2 is 2.21 bits per heavy atom. The first-order valence-corrected chi connectivity index (χ1v) is 9.74. The van der Waals surface area contributed by atoms with Crippen LogP contribution in [0, 0.1) is 5.82 Å². The lowest BCUT2D eigenvalue weighted by Crippen LogP contribution is -2.50. The van der Waals surface area contributed by atoms with E-state index in [-0.39, 0.29) is 54.7 Å². The van der Waals surface area contributed by atoms with Crippen molar-refractivity contribution in [3.05, 3.63) is 34.6 Å². The van der Waals surface area contributed by atoms with Crippen LogP contribution in [0.15, 0.2) is 18.2 Å². The number of piperidine rings is 1. The van der Waals surface area contributed by atoms with Gasteiger partial charge in [-0.1, -0.05) is 24.1 Å². The highest BCUT2D eigenvalue weighted by Gasteiger charge is 2.30. The van der Waals surface area contributed by atoms with Gasteiger partial charge in [0.1, 0.15) is 5.82 Å². The van der Waals surface area contributed by atoms with Crippen molar-refractivity contribution in [3.63, 3.8) is 0 Å². The maximum Gasteiger partial charge on any atom is 0.237 e. The molecule has 3 unspecified atom stereocenters. The number of nitrogens with one attached hydrogen (secondary N) is 2. The summed E-state index contributed by atoms with van der Waals surface area (Å²) in [5, 5.41) is 6.64. The summed E-state index contributed by atoms with van der Waals surface area (Å²) in [4.78, 5) is 14.7. The molecule has 2 aliphatic heterocycles. The first-order chi connectivity index (χ1) is 12.6. The van der Waals surface area contributed by atoms with Crippen LogP contribution in [0.25, 0.3) is 0 Å². The van der Waals surface area contributed by atoms with Gasteiger partial charge in [0.25, 0.3) is 0 Å². The minimum absolute atomic E-state index is 0. The van der Waals surface area contributed by atoms with Crippen molar-refractivity contribution in [2.45, 2.75) is 44.4 Å². The predicted molar refractivity (Wildman–Crippen MR) is 114 cm³/mol. The Balaban J connectivity index is 0.00000196. The minimum atomic E-state index is -0.341. The van der Waals surface area contributed by atoms with Gasteiger partial charge in [0.15, 0.2) is 0 Å². The lowest BCUT2D eigenvalue weighted by Gasteiger charge is -2.38. The van der Waals surface area contributed by atoms with E-state index in [1.54, 1.807) is 12.1 Å². The van der Waals surface area contributed by atoms with E-state index in [4.69, 9.17) is 16.3 Å². The van der Waals surface area contributed by atoms with E-state index >= 15 is 0 Å². The Morgan fingerprint density at radius 1 is 1.43 bits per heavy atom. The fourth-order valence-corrected chi connectivity index (χ4v) is 4.06.